The summed E-state index contributed by atoms with van der Waals surface area (Å²) in [5.74, 6) is -0.995. The number of thiophene rings is 1. The lowest BCUT2D eigenvalue weighted by Gasteiger charge is -2.36. The molecule has 2 aliphatic carbocycles. The van der Waals surface area contributed by atoms with Gasteiger partial charge in [0.05, 0.1) is 5.92 Å². The SMILES string of the molecule is CC1(C)CC(=O)C(C(C2=C(O)CC(C)(C)CC2=O)c2ccc(-c3ccccc3)s2)=C(O)C1. The molecule has 0 spiro atoms. The van der Waals surface area contributed by atoms with Crippen LogP contribution in [0.1, 0.15) is 64.2 Å². The molecule has 0 amide bonds. The molecule has 0 atom stereocenters. The number of hydrogen-bond acceptors (Lipinski definition) is 5. The van der Waals surface area contributed by atoms with Crippen LogP contribution in [0.15, 0.2) is 65.1 Å². The van der Waals surface area contributed by atoms with Crippen LogP contribution in [0, 0.1) is 10.8 Å². The predicted octanol–water partition coefficient (Wildman–Crippen LogP) is 6.90. The normalized spacial score (nSPS) is 20.9. The predicted molar refractivity (Wildman–Crippen MR) is 128 cm³/mol. The quantitative estimate of drug-likeness (QED) is 0.531. The van der Waals surface area contributed by atoms with Crippen LogP contribution >= 0.6 is 11.3 Å². The van der Waals surface area contributed by atoms with E-state index in [2.05, 4.69) is 0 Å². The fraction of sp³-hybridized carbons (Fsp3) is 0.407. The van der Waals surface area contributed by atoms with Gasteiger partial charge in [0.2, 0.25) is 0 Å². The van der Waals surface area contributed by atoms with E-state index in [1.54, 1.807) is 0 Å². The fourth-order valence-electron chi connectivity index (χ4n) is 4.95. The zero-order valence-electron chi connectivity index (χ0n) is 19.1. The van der Waals surface area contributed by atoms with Crippen molar-refractivity contribution in [3.05, 3.63) is 70.0 Å². The van der Waals surface area contributed by atoms with E-state index in [1.807, 2.05) is 70.2 Å². The summed E-state index contributed by atoms with van der Waals surface area (Å²) >= 11 is 1.49. The molecule has 2 N–H and O–H groups in total. The average molecular weight is 451 g/mol. The molecule has 2 aromatic rings. The van der Waals surface area contributed by atoms with E-state index < -0.39 is 5.92 Å². The number of Topliss-reactive ketones (excluding diaryl/α,β-unsaturated/α-hetero) is 2. The Labute approximate surface area is 193 Å². The van der Waals surface area contributed by atoms with Crippen LogP contribution in [0.25, 0.3) is 10.4 Å². The van der Waals surface area contributed by atoms with Crippen LogP contribution in [-0.2, 0) is 9.59 Å². The van der Waals surface area contributed by atoms with E-state index >= 15 is 0 Å². The zero-order valence-corrected chi connectivity index (χ0v) is 19.9. The highest BCUT2D eigenvalue weighted by molar-refractivity contribution is 7.15. The minimum Gasteiger partial charge on any atom is -0.512 e. The van der Waals surface area contributed by atoms with E-state index in [9.17, 15) is 19.8 Å². The van der Waals surface area contributed by atoms with Gasteiger partial charge in [0.1, 0.15) is 11.5 Å². The summed E-state index contributed by atoms with van der Waals surface area (Å²) in [6, 6.07) is 13.8. The van der Waals surface area contributed by atoms with Crippen molar-refractivity contribution in [1.29, 1.82) is 0 Å². The van der Waals surface area contributed by atoms with Crippen molar-refractivity contribution in [3.63, 3.8) is 0 Å². The lowest BCUT2D eigenvalue weighted by Crippen LogP contribution is -2.33. The summed E-state index contributed by atoms with van der Waals surface area (Å²) in [5.41, 5.74) is 0.899. The molecule has 0 aliphatic heterocycles. The van der Waals surface area contributed by atoms with Gasteiger partial charge in [-0.3, -0.25) is 9.59 Å². The smallest absolute Gasteiger partial charge is 0.163 e. The lowest BCUT2D eigenvalue weighted by atomic mass is 9.68. The van der Waals surface area contributed by atoms with Crippen LogP contribution < -0.4 is 0 Å². The summed E-state index contributed by atoms with van der Waals surface area (Å²) in [6.45, 7) is 7.82. The minimum absolute atomic E-state index is 0.0313. The number of hydrogen-bond donors (Lipinski definition) is 2. The maximum Gasteiger partial charge on any atom is 0.163 e. The molecule has 4 rings (SSSR count). The van der Waals surface area contributed by atoms with Gasteiger partial charge in [0.25, 0.3) is 0 Å². The van der Waals surface area contributed by atoms with E-state index in [4.69, 9.17) is 0 Å². The molecule has 168 valence electrons. The lowest BCUT2D eigenvalue weighted by molar-refractivity contribution is -0.119. The summed E-state index contributed by atoms with van der Waals surface area (Å²) in [4.78, 5) is 28.3. The molecule has 1 aromatic carbocycles. The molecule has 2 aliphatic rings. The maximum atomic E-state index is 13.3. The third-order valence-electron chi connectivity index (χ3n) is 6.34. The Morgan fingerprint density at radius 1 is 0.750 bits per heavy atom. The second kappa shape index (κ2) is 8.04. The highest BCUT2D eigenvalue weighted by Crippen LogP contribution is 2.49. The molecular weight excluding hydrogens is 420 g/mol. The van der Waals surface area contributed by atoms with E-state index in [0.29, 0.717) is 25.7 Å². The number of aliphatic hydroxyl groups is 2. The van der Waals surface area contributed by atoms with Crippen LogP contribution in [0.2, 0.25) is 0 Å². The standard InChI is InChI=1S/C27H30O4S/c1-26(2)12-17(28)23(18(29)13-26)25(24-19(30)14-27(3,4)15-20(24)31)22-11-10-21(32-22)16-8-6-5-7-9-16/h5-11,25,28,30H,12-15H2,1-4H3. The van der Waals surface area contributed by atoms with Crippen molar-refractivity contribution >= 4 is 22.9 Å². The first kappa shape index (κ1) is 22.5. The number of carbonyl (C=O) groups excluding carboxylic acids is 2. The molecular formula is C27H30O4S. The van der Waals surface area contributed by atoms with Crippen molar-refractivity contribution in [1.82, 2.24) is 0 Å². The Kier molecular flexibility index (Phi) is 5.66. The molecule has 5 heteroatoms. The van der Waals surface area contributed by atoms with Gasteiger partial charge in [0.15, 0.2) is 11.6 Å². The summed E-state index contributed by atoms with van der Waals surface area (Å²) in [6.07, 6.45) is 1.34. The fourth-order valence-corrected chi connectivity index (χ4v) is 6.09. The zero-order chi connectivity index (χ0) is 23.3. The first-order valence-corrected chi connectivity index (χ1v) is 11.8. The third-order valence-corrected chi connectivity index (χ3v) is 7.54. The Bertz CT molecular complexity index is 1080. The molecule has 0 radical (unpaired) electrons. The van der Waals surface area contributed by atoms with Gasteiger partial charge < -0.3 is 10.2 Å². The van der Waals surface area contributed by atoms with Gasteiger partial charge in [-0.05, 0) is 28.5 Å². The number of benzene rings is 1. The minimum atomic E-state index is -0.746. The molecule has 0 saturated heterocycles. The summed E-state index contributed by atoms with van der Waals surface area (Å²) in [7, 11) is 0. The molecule has 1 heterocycles. The molecule has 0 fully saturated rings. The highest BCUT2D eigenvalue weighted by atomic mass is 32.1. The number of rotatable bonds is 4. The van der Waals surface area contributed by atoms with Crippen LogP contribution in [0.3, 0.4) is 0 Å². The van der Waals surface area contributed by atoms with Gasteiger partial charge in [-0.1, -0.05) is 58.0 Å². The Morgan fingerprint density at radius 2 is 1.25 bits per heavy atom. The molecule has 0 saturated carbocycles. The van der Waals surface area contributed by atoms with Crippen molar-refractivity contribution in [2.24, 2.45) is 10.8 Å². The van der Waals surface area contributed by atoms with E-state index in [-0.39, 0.29) is 45.1 Å². The Morgan fingerprint density at radius 3 is 1.72 bits per heavy atom. The van der Waals surface area contributed by atoms with Gasteiger partial charge in [-0.2, -0.15) is 0 Å². The van der Waals surface area contributed by atoms with Crippen LogP contribution in [-0.4, -0.2) is 21.8 Å². The topological polar surface area (TPSA) is 74.6 Å². The molecule has 1 aromatic heterocycles. The highest BCUT2D eigenvalue weighted by Gasteiger charge is 2.44. The number of carbonyl (C=O) groups is 2. The Hall–Kier alpha value is -2.66. The molecule has 32 heavy (non-hydrogen) atoms. The first-order valence-electron chi connectivity index (χ1n) is 11.0. The molecule has 0 unspecified atom stereocenters. The number of allylic oxidation sites excluding steroid dienone is 4. The summed E-state index contributed by atoms with van der Waals surface area (Å²) in [5, 5.41) is 22.0. The van der Waals surface area contributed by atoms with Crippen LogP contribution in [0.4, 0.5) is 0 Å². The number of ketones is 2. The monoisotopic (exact) mass is 450 g/mol. The maximum absolute atomic E-state index is 13.3. The van der Waals surface area contributed by atoms with Crippen molar-refractivity contribution in [2.75, 3.05) is 0 Å². The van der Waals surface area contributed by atoms with Crippen LogP contribution in [0.5, 0.6) is 0 Å². The van der Waals surface area contributed by atoms with Gasteiger partial charge in [-0.15, -0.1) is 11.3 Å². The first-order chi connectivity index (χ1) is 15.0. The van der Waals surface area contributed by atoms with Crippen molar-refractivity contribution < 1.29 is 19.8 Å². The van der Waals surface area contributed by atoms with Gasteiger partial charge >= 0.3 is 0 Å². The number of aliphatic hydroxyl groups excluding tert-OH is 2. The third kappa shape index (κ3) is 4.31. The van der Waals surface area contributed by atoms with Crippen molar-refractivity contribution in [3.8, 4) is 10.4 Å². The van der Waals surface area contributed by atoms with Crippen molar-refractivity contribution in [2.45, 2.75) is 59.3 Å². The van der Waals surface area contributed by atoms with E-state index in [0.717, 1.165) is 15.3 Å². The average Bonchev–Trinajstić information content (AvgIpc) is 3.14. The molecule has 0 bridgehead atoms. The Balaban J connectivity index is 1.89. The summed E-state index contributed by atoms with van der Waals surface area (Å²) < 4.78 is 0. The van der Waals surface area contributed by atoms with E-state index in [1.165, 1.54) is 11.3 Å². The molecule has 4 nitrogen and oxygen atoms in total. The second-order valence-corrected chi connectivity index (χ2v) is 11.7. The van der Waals surface area contributed by atoms with Gasteiger partial charge in [-0.25, -0.2) is 0 Å². The largest absolute Gasteiger partial charge is 0.512 e. The van der Waals surface area contributed by atoms with Gasteiger partial charge in [0, 0.05) is 46.6 Å². The second-order valence-electron chi connectivity index (χ2n) is 10.6.